The molecule has 1 N–H and O–H groups in total. The Hall–Kier alpha value is -1.79. The molecule has 2 aromatic rings. The topological polar surface area (TPSA) is 66.7 Å². The van der Waals surface area contributed by atoms with Gasteiger partial charge in [-0.15, -0.1) is 0 Å². The minimum absolute atomic E-state index is 0.0185. The van der Waals surface area contributed by atoms with Crippen LogP contribution in [0.4, 0.5) is 0 Å². The van der Waals surface area contributed by atoms with Gasteiger partial charge in [0.1, 0.15) is 5.69 Å². The van der Waals surface area contributed by atoms with E-state index in [2.05, 4.69) is 10.3 Å². The molecule has 0 atom stereocenters. The third kappa shape index (κ3) is 2.76. The van der Waals surface area contributed by atoms with Crippen molar-refractivity contribution in [1.29, 1.82) is 0 Å². The van der Waals surface area contributed by atoms with Crippen molar-refractivity contribution in [3.8, 4) is 0 Å². The molecule has 1 fully saturated rings. The van der Waals surface area contributed by atoms with E-state index < -0.39 is 5.54 Å². The number of nitrogens with zero attached hydrogens (tertiary/aromatic N) is 3. The summed E-state index contributed by atoms with van der Waals surface area (Å²) < 4.78 is 1.60. The summed E-state index contributed by atoms with van der Waals surface area (Å²) in [5.74, 6) is -0.492. The largest absolute Gasteiger partial charge is 0.348 e. The summed E-state index contributed by atoms with van der Waals surface area (Å²) in [6.45, 7) is 4.17. The highest BCUT2D eigenvalue weighted by Gasteiger charge is 2.34. The van der Waals surface area contributed by atoms with E-state index >= 15 is 0 Å². The molecule has 0 saturated carbocycles. The summed E-state index contributed by atoms with van der Waals surface area (Å²) >= 11 is 12.0. The van der Waals surface area contributed by atoms with Gasteiger partial charge < -0.3 is 14.6 Å². The highest BCUT2D eigenvalue weighted by Crippen LogP contribution is 2.22. The molecule has 0 aromatic carbocycles. The summed E-state index contributed by atoms with van der Waals surface area (Å²) in [6, 6.07) is 1.57. The highest BCUT2D eigenvalue weighted by molar-refractivity contribution is 6.36. The zero-order valence-corrected chi connectivity index (χ0v) is 13.6. The van der Waals surface area contributed by atoms with Crippen LogP contribution in [0.2, 0.25) is 10.0 Å². The fourth-order valence-electron chi connectivity index (χ4n) is 2.60. The number of nitrogens with one attached hydrogen (secondary N) is 1. The molecule has 1 aliphatic rings. The number of rotatable bonds is 1. The summed E-state index contributed by atoms with van der Waals surface area (Å²) in [4.78, 5) is 30.1. The Bertz CT molecular complexity index is 784. The summed E-state index contributed by atoms with van der Waals surface area (Å²) in [5, 5.41) is 3.65. The van der Waals surface area contributed by atoms with Crippen molar-refractivity contribution in [2.75, 3.05) is 13.1 Å². The average molecular weight is 341 g/mol. The standard InChI is InChI=1S/C14H14Cl2N4O2/c1-14(2)7-20(6-11(21)18-14)13(22)10-5-19-4-8(15)3-9(16)12(19)17-10/h3-5H,6-7H2,1-2H3,(H,18,21). The lowest BCUT2D eigenvalue weighted by molar-refractivity contribution is -0.126. The van der Waals surface area contributed by atoms with E-state index in [1.807, 2.05) is 13.8 Å². The van der Waals surface area contributed by atoms with Crippen LogP contribution >= 0.6 is 23.2 Å². The number of piperazine rings is 1. The number of carbonyl (C=O) groups excluding carboxylic acids is 2. The van der Waals surface area contributed by atoms with Crippen molar-refractivity contribution in [1.82, 2.24) is 19.6 Å². The van der Waals surface area contributed by atoms with Crippen LogP contribution in [-0.4, -0.2) is 44.7 Å². The molecule has 0 bridgehead atoms. The Labute approximate surface area is 137 Å². The average Bonchev–Trinajstić information content (AvgIpc) is 2.79. The lowest BCUT2D eigenvalue weighted by Crippen LogP contribution is -2.61. The number of hydrogen-bond acceptors (Lipinski definition) is 3. The second-order valence-electron chi connectivity index (χ2n) is 5.96. The second kappa shape index (κ2) is 5.14. The zero-order valence-electron chi connectivity index (χ0n) is 12.1. The molecule has 3 heterocycles. The van der Waals surface area contributed by atoms with Crippen molar-refractivity contribution in [2.45, 2.75) is 19.4 Å². The van der Waals surface area contributed by atoms with Crippen LogP contribution in [0, 0.1) is 0 Å². The molecule has 3 rings (SSSR count). The molecule has 2 amide bonds. The normalized spacial score (nSPS) is 17.6. The van der Waals surface area contributed by atoms with Gasteiger partial charge in [0.15, 0.2) is 5.65 Å². The molecule has 1 saturated heterocycles. The first-order valence-electron chi connectivity index (χ1n) is 6.69. The third-order valence-electron chi connectivity index (χ3n) is 3.38. The fraction of sp³-hybridized carbons (Fsp3) is 0.357. The predicted molar refractivity (Wildman–Crippen MR) is 83.3 cm³/mol. The van der Waals surface area contributed by atoms with Crippen LogP contribution in [0.15, 0.2) is 18.5 Å². The first kappa shape index (κ1) is 15.1. The van der Waals surface area contributed by atoms with Gasteiger partial charge in [-0.2, -0.15) is 0 Å². The molecular weight excluding hydrogens is 327 g/mol. The molecule has 0 spiro atoms. The number of pyridine rings is 1. The van der Waals surface area contributed by atoms with Crippen molar-refractivity contribution in [2.24, 2.45) is 0 Å². The quantitative estimate of drug-likeness (QED) is 0.863. The van der Waals surface area contributed by atoms with Crippen LogP contribution in [0.5, 0.6) is 0 Å². The van der Waals surface area contributed by atoms with Crippen molar-refractivity contribution < 1.29 is 9.59 Å². The molecule has 0 unspecified atom stereocenters. The number of hydrogen-bond donors (Lipinski definition) is 1. The van der Waals surface area contributed by atoms with E-state index in [1.165, 1.54) is 4.90 Å². The maximum atomic E-state index is 12.6. The van der Waals surface area contributed by atoms with Gasteiger partial charge in [-0.25, -0.2) is 4.98 Å². The van der Waals surface area contributed by atoms with Gasteiger partial charge in [-0.05, 0) is 19.9 Å². The molecule has 116 valence electrons. The van der Waals surface area contributed by atoms with Gasteiger partial charge in [-0.3, -0.25) is 9.59 Å². The predicted octanol–water partition coefficient (Wildman–Crippen LogP) is 1.99. The fourth-order valence-corrected chi connectivity index (χ4v) is 3.12. The van der Waals surface area contributed by atoms with E-state index in [1.54, 1.807) is 22.9 Å². The molecule has 0 aliphatic carbocycles. The number of carbonyl (C=O) groups is 2. The van der Waals surface area contributed by atoms with Crippen molar-refractivity contribution >= 4 is 40.7 Å². The smallest absolute Gasteiger partial charge is 0.274 e. The SMILES string of the molecule is CC1(C)CN(C(=O)c2cn3cc(Cl)cc(Cl)c3n2)CC(=O)N1. The van der Waals surface area contributed by atoms with Gasteiger partial charge >= 0.3 is 0 Å². The van der Waals surface area contributed by atoms with Crippen LogP contribution in [-0.2, 0) is 4.79 Å². The third-order valence-corrected chi connectivity index (χ3v) is 3.86. The number of halogens is 2. The number of amides is 2. The minimum atomic E-state index is -0.467. The van der Waals surface area contributed by atoms with E-state index in [0.29, 0.717) is 22.2 Å². The lowest BCUT2D eigenvalue weighted by Gasteiger charge is -2.38. The number of aromatic nitrogens is 2. The van der Waals surface area contributed by atoms with Crippen LogP contribution in [0.1, 0.15) is 24.3 Å². The van der Waals surface area contributed by atoms with Gasteiger partial charge in [0.2, 0.25) is 5.91 Å². The van der Waals surface area contributed by atoms with E-state index in [0.717, 1.165) is 0 Å². The molecular formula is C14H14Cl2N4O2. The Morgan fingerprint density at radius 1 is 1.36 bits per heavy atom. The lowest BCUT2D eigenvalue weighted by atomic mass is 10.0. The maximum absolute atomic E-state index is 12.6. The number of fused-ring (bicyclic) bond motifs is 1. The molecule has 22 heavy (non-hydrogen) atoms. The van der Waals surface area contributed by atoms with Crippen LogP contribution < -0.4 is 5.32 Å². The van der Waals surface area contributed by atoms with E-state index in [4.69, 9.17) is 23.2 Å². The summed E-state index contributed by atoms with van der Waals surface area (Å²) in [5.41, 5.74) is 0.218. The summed E-state index contributed by atoms with van der Waals surface area (Å²) in [7, 11) is 0. The van der Waals surface area contributed by atoms with E-state index in [9.17, 15) is 9.59 Å². The van der Waals surface area contributed by atoms with Gasteiger partial charge in [-0.1, -0.05) is 23.2 Å². The van der Waals surface area contributed by atoms with Crippen molar-refractivity contribution in [3.63, 3.8) is 0 Å². The highest BCUT2D eigenvalue weighted by atomic mass is 35.5. The molecule has 0 radical (unpaired) electrons. The van der Waals surface area contributed by atoms with Gasteiger partial charge in [0.25, 0.3) is 5.91 Å². The maximum Gasteiger partial charge on any atom is 0.274 e. The van der Waals surface area contributed by atoms with Gasteiger partial charge in [0.05, 0.1) is 22.1 Å². The Kier molecular flexibility index (Phi) is 3.53. The first-order chi connectivity index (χ1) is 10.2. The Morgan fingerprint density at radius 3 is 2.77 bits per heavy atom. The number of imidazole rings is 1. The molecule has 6 nitrogen and oxygen atoms in total. The zero-order chi connectivity index (χ0) is 16.1. The molecule has 1 aliphatic heterocycles. The van der Waals surface area contributed by atoms with Gasteiger partial charge in [0, 0.05) is 18.9 Å². The second-order valence-corrected chi connectivity index (χ2v) is 6.80. The molecule has 2 aromatic heterocycles. The minimum Gasteiger partial charge on any atom is -0.348 e. The van der Waals surface area contributed by atoms with E-state index in [-0.39, 0.29) is 24.1 Å². The van der Waals surface area contributed by atoms with Crippen LogP contribution in [0.3, 0.4) is 0 Å². The Morgan fingerprint density at radius 2 is 2.09 bits per heavy atom. The van der Waals surface area contributed by atoms with Crippen LogP contribution in [0.25, 0.3) is 5.65 Å². The van der Waals surface area contributed by atoms with Crippen molar-refractivity contribution in [3.05, 3.63) is 34.2 Å². The summed E-state index contributed by atoms with van der Waals surface area (Å²) in [6.07, 6.45) is 3.19. The monoisotopic (exact) mass is 340 g/mol. The first-order valence-corrected chi connectivity index (χ1v) is 7.45. The molecule has 8 heteroatoms. The Balaban J connectivity index is 1.95.